The second-order valence-electron chi connectivity index (χ2n) is 4.13. The number of H-pyrrole nitrogens is 2. The Bertz CT molecular complexity index is 682. The Labute approximate surface area is 103 Å². The highest BCUT2D eigenvalue weighted by Gasteiger charge is 2.08. The predicted octanol–water partition coefficient (Wildman–Crippen LogP) is 1.30. The zero-order chi connectivity index (χ0) is 12.5. The first-order valence-corrected chi connectivity index (χ1v) is 5.64. The first-order chi connectivity index (χ1) is 8.75. The first-order valence-electron chi connectivity index (χ1n) is 5.64. The van der Waals surface area contributed by atoms with Crippen molar-refractivity contribution in [2.24, 2.45) is 0 Å². The van der Waals surface area contributed by atoms with Crippen LogP contribution >= 0.6 is 0 Å². The van der Waals surface area contributed by atoms with Gasteiger partial charge in [-0.2, -0.15) is 10.2 Å². The third-order valence-electron chi connectivity index (χ3n) is 3.03. The topological polar surface area (TPSA) is 95.2 Å². The SMILES string of the molecule is Cc1[nH]nc(CNc2ncnc3[nH]ncc23)c1C. The van der Waals surface area contributed by atoms with Gasteiger partial charge in [0.1, 0.15) is 12.1 Å². The molecule has 0 unspecified atom stereocenters. The number of hydrogen-bond acceptors (Lipinski definition) is 5. The molecule has 0 atom stereocenters. The Balaban J connectivity index is 1.85. The van der Waals surface area contributed by atoms with Crippen LogP contribution in [0.4, 0.5) is 5.82 Å². The Kier molecular flexibility index (Phi) is 2.44. The van der Waals surface area contributed by atoms with E-state index in [-0.39, 0.29) is 0 Å². The van der Waals surface area contributed by atoms with Gasteiger partial charge in [-0.1, -0.05) is 0 Å². The van der Waals surface area contributed by atoms with Gasteiger partial charge in [0.15, 0.2) is 5.65 Å². The molecule has 0 amide bonds. The van der Waals surface area contributed by atoms with Crippen LogP contribution in [0.15, 0.2) is 12.5 Å². The molecule has 0 bridgehead atoms. The first kappa shape index (κ1) is 10.7. The predicted molar refractivity (Wildman–Crippen MR) is 67.1 cm³/mol. The zero-order valence-electron chi connectivity index (χ0n) is 10.2. The van der Waals surface area contributed by atoms with E-state index in [2.05, 4.69) is 35.7 Å². The minimum absolute atomic E-state index is 0.619. The molecule has 18 heavy (non-hydrogen) atoms. The smallest absolute Gasteiger partial charge is 0.160 e. The summed E-state index contributed by atoms with van der Waals surface area (Å²) in [4.78, 5) is 8.30. The minimum Gasteiger partial charge on any atom is -0.364 e. The highest BCUT2D eigenvalue weighted by molar-refractivity contribution is 5.85. The summed E-state index contributed by atoms with van der Waals surface area (Å²) in [6, 6.07) is 0. The lowest BCUT2D eigenvalue weighted by Crippen LogP contribution is -2.03. The lowest BCUT2D eigenvalue weighted by atomic mass is 10.2. The lowest BCUT2D eigenvalue weighted by Gasteiger charge is -2.04. The number of rotatable bonds is 3. The number of fused-ring (bicyclic) bond motifs is 1. The van der Waals surface area contributed by atoms with Gasteiger partial charge >= 0.3 is 0 Å². The number of aromatic amines is 2. The molecular formula is C11H13N7. The fourth-order valence-electron chi connectivity index (χ4n) is 1.78. The summed E-state index contributed by atoms with van der Waals surface area (Å²) in [6.07, 6.45) is 3.21. The highest BCUT2D eigenvalue weighted by atomic mass is 15.2. The molecule has 0 aliphatic heterocycles. The van der Waals surface area contributed by atoms with Crippen LogP contribution in [0.5, 0.6) is 0 Å². The highest BCUT2D eigenvalue weighted by Crippen LogP contribution is 2.17. The van der Waals surface area contributed by atoms with E-state index in [0.29, 0.717) is 6.54 Å². The van der Waals surface area contributed by atoms with Gasteiger partial charge in [-0.05, 0) is 19.4 Å². The number of nitrogens with zero attached hydrogens (tertiary/aromatic N) is 4. The van der Waals surface area contributed by atoms with E-state index in [1.165, 1.54) is 11.9 Å². The van der Waals surface area contributed by atoms with Crippen LogP contribution in [0.2, 0.25) is 0 Å². The van der Waals surface area contributed by atoms with Crippen molar-refractivity contribution in [3.8, 4) is 0 Å². The quantitative estimate of drug-likeness (QED) is 0.644. The van der Waals surface area contributed by atoms with Crippen LogP contribution in [-0.4, -0.2) is 30.4 Å². The number of hydrogen-bond donors (Lipinski definition) is 3. The number of anilines is 1. The van der Waals surface area contributed by atoms with Crippen LogP contribution < -0.4 is 5.32 Å². The van der Waals surface area contributed by atoms with Crippen molar-refractivity contribution in [3.05, 3.63) is 29.5 Å². The van der Waals surface area contributed by atoms with Crippen molar-refractivity contribution in [1.29, 1.82) is 0 Å². The monoisotopic (exact) mass is 243 g/mol. The fourth-order valence-corrected chi connectivity index (χ4v) is 1.78. The van der Waals surface area contributed by atoms with Gasteiger partial charge in [0.2, 0.25) is 0 Å². The second-order valence-corrected chi connectivity index (χ2v) is 4.13. The Morgan fingerprint density at radius 2 is 2.11 bits per heavy atom. The molecule has 0 fully saturated rings. The van der Waals surface area contributed by atoms with Crippen LogP contribution in [0.1, 0.15) is 17.0 Å². The maximum absolute atomic E-state index is 4.24. The molecule has 0 aromatic carbocycles. The molecule has 0 spiro atoms. The molecule has 3 N–H and O–H groups in total. The lowest BCUT2D eigenvalue weighted by molar-refractivity contribution is 0.960. The van der Waals surface area contributed by atoms with E-state index in [1.54, 1.807) is 6.20 Å². The van der Waals surface area contributed by atoms with Gasteiger partial charge < -0.3 is 5.32 Å². The fraction of sp³-hybridized carbons (Fsp3) is 0.273. The van der Waals surface area contributed by atoms with Gasteiger partial charge in [0, 0.05) is 5.69 Å². The average Bonchev–Trinajstić information content (AvgIpc) is 2.97. The Hall–Kier alpha value is -2.44. The van der Waals surface area contributed by atoms with Gasteiger partial charge in [-0.3, -0.25) is 10.2 Å². The molecule has 7 nitrogen and oxygen atoms in total. The summed E-state index contributed by atoms with van der Waals surface area (Å²) in [7, 11) is 0. The van der Waals surface area contributed by atoms with Crippen molar-refractivity contribution < 1.29 is 0 Å². The maximum atomic E-state index is 4.24. The van der Waals surface area contributed by atoms with Crippen molar-refractivity contribution in [3.63, 3.8) is 0 Å². The van der Waals surface area contributed by atoms with Crippen LogP contribution in [0.3, 0.4) is 0 Å². The summed E-state index contributed by atoms with van der Waals surface area (Å²) >= 11 is 0. The largest absolute Gasteiger partial charge is 0.364 e. The molecule has 3 aromatic heterocycles. The summed E-state index contributed by atoms with van der Waals surface area (Å²) in [6.45, 7) is 4.67. The molecule has 0 aliphatic carbocycles. The Morgan fingerprint density at radius 3 is 2.89 bits per heavy atom. The van der Waals surface area contributed by atoms with E-state index in [9.17, 15) is 0 Å². The van der Waals surface area contributed by atoms with Crippen molar-refractivity contribution in [1.82, 2.24) is 30.4 Å². The van der Waals surface area contributed by atoms with E-state index in [4.69, 9.17) is 0 Å². The summed E-state index contributed by atoms with van der Waals surface area (Å²) in [5.41, 5.74) is 3.97. The summed E-state index contributed by atoms with van der Waals surface area (Å²) in [5.74, 6) is 0.758. The molecular weight excluding hydrogens is 230 g/mol. The third-order valence-corrected chi connectivity index (χ3v) is 3.03. The number of aryl methyl sites for hydroxylation is 1. The third kappa shape index (κ3) is 1.69. The number of aromatic nitrogens is 6. The molecule has 3 aromatic rings. The molecule has 3 rings (SSSR count). The van der Waals surface area contributed by atoms with E-state index >= 15 is 0 Å². The van der Waals surface area contributed by atoms with Gasteiger partial charge in [0.25, 0.3) is 0 Å². The molecule has 92 valence electrons. The average molecular weight is 243 g/mol. The van der Waals surface area contributed by atoms with Crippen LogP contribution in [-0.2, 0) is 6.54 Å². The normalized spacial score (nSPS) is 11.0. The molecule has 0 saturated heterocycles. The van der Waals surface area contributed by atoms with Crippen LogP contribution in [0.25, 0.3) is 11.0 Å². The Morgan fingerprint density at radius 1 is 1.22 bits per heavy atom. The number of nitrogens with one attached hydrogen (secondary N) is 3. The summed E-state index contributed by atoms with van der Waals surface area (Å²) < 4.78 is 0. The van der Waals surface area contributed by atoms with Crippen molar-refractivity contribution >= 4 is 16.9 Å². The molecule has 0 aliphatic rings. The van der Waals surface area contributed by atoms with Crippen molar-refractivity contribution in [2.45, 2.75) is 20.4 Å². The van der Waals surface area contributed by atoms with Gasteiger partial charge in [-0.25, -0.2) is 9.97 Å². The standard InChI is InChI=1S/C11H13N7/c1-6-7(2)16-17-9(6)4-12-10-8-3-15-18-11(8)14-5-13-10/h3,5H,4H2,1-2H3,(H,16,17)(H2,12,13,14,15,18). The molecule has 3 heterocycles. The molecule has 0 radical (unpaired) electrons. The van der Waals surface area contributed by atoms with E-state index in [1.807, 2.05) is 13.8 Å². The minimum atomic E-state index is 0.619. The second kappa shape index (κ2) is 4.10. The van der Waals surface area contributed by atoms with Gasteiger partial charge in [-0.15, -0.1) is 0 Å². The molecule has 7 heteroatoms. The van der Waals surface area contributed by atoms with E-state index < -0.39 is 0 Å². The summed E-state index contributed by atoms with van der Waals surface area (Å²) in [5, 5.41) is 18.1. The van der Waals surface area contributed by atoms with Crippen LogP contribution in [0, 0.1) is 13.8 Å². The van der Waals surface area contributed by atoms with Gasteiger partial charge in [0.05, 0.1) is 23.8 Å². The van der Waals surface area contributed by atoms with Crippen molar-refractivity contribution in [2.75, 3.05) is 5.32 Å². The maximum Gasteiger partial charge on any atom is 0.160 e. The zero-order valence-corrected chi connectivity index (χ0v) is 10.2. The molecule has 0 saturated carbocycles. The van der Waals surface area contributed by atoms with E-state index in [0.717, 1.165) is 28.2 Å².